The molecule has 0 N–H and O–H groups in total. The molecule has 0 aliphatic carbocycles. The zero-order valence-electron chi connectivity index (χ0n) is 41.4. The number of fused-ring (bicyclic) bond motifs is 3. The first-order valence-electron chi connectivity index (χ1n) is 25.0. The van der Waals surface area contributed by atoms with E-state index in [9.17, 15) is 0 Å². The highest BCUT2D eigenvalue weighted by Crippen LogP contribution is 2.43. The van der Waals surface area contributed by atoms with Crippen molar-refractivity contribution in [3.63, 3.8) is 0 Å². The van der Waals surface area contributed by atoms with Gasteiger partial charge in [-0.25, -0.2) is 9.97 Å². The van der Waals surface area contributed by atoms with Crippen LogP contribution in [0.3, 0.4) is 0 Å². The van der Waals surface area contributed by atoms with Crippen LogP contribution in [0.1, 0.15) is 22.3 Å². The third-order valence-electron chi connectivity index (χ3n) is 13.8. The quantitative estimate of drug-likeness (QED) is 0.129. The molecule has 0 spiro atoms. The molecule has 2 aromatic heterocycles. The Labute approximate surface area is 427 Å². The molecule has 350 valence electrons. The second-order valence-corrected chi connectivity index (χ2v) is 19.1. The Balaban J connectivity index is 0.956. The molecule has 5 nitrogen and oxygen atoms in total. The summed E-state index contributed by atoms with van der Waals surface area (Å²) in [6.45, 7) is 8.50. The number of nitrogens with zero attached hydrogens (tertiary/aromatic N) is 5. The van der Waals surface area contributed by atoms with E-state index in [0.717, 1.165) is 95.9 Å². The average molecular weight is 940 g/mol. The zero-order valence-corrected chi connectivity index (χ0v) is 41.4. The third-order valence-corrected chi connectivity index (χ3v) is 13.8. The lowest BCUT2D eigenvalue weighted by Gasteiger charge is -2.26. The molecule has 12 rings (SSSR count). The number of rotatable bonds is 11. The van der Waals surface area contributed by atoms with Crippen LogP contribution < -0.4 is 9.80 Å². The number of aromatic nitrogens is 3. The van der Waals surface area contributed by atoms with Gasteiger partial charge in [-0.15, -0.1) is 0 Å². The van der Waals surface area contributed by atoms with Crippen molar-refractivity contribution in [3.05, 3.63) is 271 Å². The smallest absolute Gasteiger partial charge is 0.160 e. The molecule has 0 fully saturated rings. The van der Waals surface area contributed by atoms with Crippen molar-refractivity contribution in [1.29, 1.82) is 0 Å². The molecule has 0 unspecified atom stereocenters. The topological polar surface area (TPSA) is 37.2 Å². The van der Waals surface area contributed by atoms with Crippen LogP contribution in [0.4, 0.5) is 34.1 Å². The maximum atomic E-state index is 5.13. The normalized spacial score (nSPS) is 11.3. The number of benzene rings is 10. The van der Waals surface area contributed by atoms with Gasteiger partial charge in [-0.1, -0.05) is 156 Å². The first kappa shape index (κ1) is 44.9. The molecule has 0 amide bonds. The summed E-state index contributed by atoms with van der Waals surface area (Å²) < 4.78 is 2.41. The lowest BCUT2D eigenvalue weighted by molar-refractivity contribution is 1.18. The Hall–Kier alpha value is -9.32. The second-order valence-electron chi connectivity index (χ2n) is 19.1. The van der Waals surface area contributed by atoms with Gasteiger partial charge in [0.15, 0.2) is 5.82 Å². The minimum absolute atomic E-state index is 0.717. The van der Waals surface area contributed by atoms with Gasteiger partial charge in [0.1, 0.15) is 0 Å². The molecular weight excluding hydrogens is 887 g/mol. The molecule has 0 saturated carbocycles. The van der Waals surface area contributed by atoms with Crippen LogP contribution in [-0.2, 0) is 0 Å². The molecule has 2 heterocycles. The van der Waals surface area contributed by atoms with Gasteiger partial charge in [-0.3, -0.25) is 0 Å². The number of aryl methyl sites for hydroxylation is 4. The highest BCUT2D eigenvalue weighted by atomic mass is 15.1. The van der Waals surface area contributed by atoms with Gasteiger partial charge in [0.05, 0.1) is 22.4 Å². The Morgan fingerprint density at radius 3 is 1.19 bits per heavy atom. The summed E-state index contributed by atoms with van der Waals surface area (Å²) in [5.74, 6) is 0.717. The van der Waals surface area contributed by atoms with Crippen molar-refractivity contribution in [2.75, 3.05) is 9.80 Å². The molecule has 0 radical (unpaired) electrons. The third kappa shape index (κ3) is 8.94. The highest BCUT2D eigenvalue weighted by Gasteiger charge is 2.21. The van der Waals surface area contributed by atoms with E-state index in [2.05, 4.69) is 291 Å². The fourth-order valence-corrected chi connectivity index (χ4v) is 10.1. The van der Waals surface area contributed by atoms with E-state index in [1.54, 1.807) is 0 Å². The van der Waals surface area contributed by atoms with Crippen molar-refractivity contribution in [1.82, 2.24) is 14.5 Å². The fourth-order valence-electron chi connectivity index (χ4n) is 10.1. The van der Waals surface area contributed by atoms with Crippen molar-refractivity contribution in [2.45, 2.75) is 27.7 Å². The predicted octanol–water partition coefficient (Wildman–Crippen LogP) is 18.4. The molecule has 0 saturated heterocycles. The van der Waals surface area contributed by atoms with Crippen LogP contribution in [0.25, 0.3) is 72.5 Å². The molecule has 0 bridgehead atoms. The summed E-state index contributed by atoms with van der Waals surface area (Å²) >= 11 is 0. The lowest BCUT2D eigenvalue weighted by Crippen LogP contribution is -2.10. The van der Waals surface area contributed by atoms with Gasteiger partial charge in [0, 0.05) is 67.3 Å². The van der Waals surface area contributed by atoms with E-state index in [1.807, 2.05) is 0 Å². The highest BCUT2D eigenvalue weighted by molar-refractivity contribution is 6.12. The number of hydrogen-bond donors (Lipinski definition) is 0. The standard InChI is InChI=1S/C68H53N5/c1-46-21-31-57(32-22-46)72(58-33-23-47(2)24-34-58)61-38-40-67-63(44-61)62-43-60(71(55-17-7-5-8-18-55)56-19-9-6-10-20-56)37-39-66(62)73(67)59-35-29-51(30-36-59)50-25-27-52(28-26-50)64-45-65(53-15-11-13-48(3)41-53)70-68(69-64)54-16-12-14-49(4)42-54/h5-45H,1-4H3. The van der Waals surface area contributed by atoms with Crippen LogP contribution >= 0.6 is 0 Å². The van der Waals surface area contributed by atoms with Crippen molar-refractivity contribution in [3.8, 4) is 50.7 Å². The van der Waals surface area contributed by atoms with Gasteiger partial charge in [-0.2, -0.15) is 0 Å². The monoisotopic (exact) mass is 939 g/mol. The van der Waals surface area contributed by atoms with Gasteiger partial charge in [0.2, 0.25) is 0 Å². The van der Waals surface area contributed by atoms with Crippen LogP contribution in [-0.4, -0.2) is 14.5 Å². The van der Waals surface area contributed by atoms with Crippen molar-refractivity contribution < 1.29 is 0 Å². The van der Waals surface area contributed by atoms with Crippen LogP contribution in [0.2, 0.25) is 0 Å². The zero-order chi connectivity index (χ0) is 49.4. The second kappa shape index (κ2) is 19.1. The summed E-state index contributed by atoms with van der Waals surface area (Å²) in [6.07, 6.45) is 0. The Kier molecular flexibility index (Phi) is 11.7. The van der Waals surface area contributed by atoms with Crippen molar-refractivity contribution in [2.24, 2.45) is 0 Å². The first-order chi connectivity index (χ1) is 35.8. The van der Waals surface area contributed by atoms with E-state index in [0.29, 0.717) is 0 Å². The molecule has 10 aromatic carbocycles. The predicted molar refractivity (Wildman–Crippen MR) is 306 cm³/mol. The van der Waals surface area contributed by atoms with E-state index in [1.165, 1.54) is 33.0 Å². The number of hydrogen-bond acceptors (Lipinski definition) is 4. The molecule has 5 heteroatoms. The van der Waals surface area contributed by atoms with Gasteiger partial charge in [-0.05, 0) is 154 Å². The molecule has 0 atom stereocenters. The maximum Gasteiger partial charge on any atom is 0.160 e. The molecule has 0 aliphatic rings. The SMILES string of the molecule is Cc1ccc(N(c2ccc(C)cc2)c2ccc3c(c2)c2cc(N(c4ccccc4)c4ccccc4)ccc2n3-c2ccc(-c3ccc(-c4cc(-c5cccc(C)c5)nc(-c5cccc(C)c5)n4)cc3)cc2)cc1. The molecular formula is C68H53N5. The number of para-hydroxylation sites is 2. The van der Waals surface area contributed by atoms with Crippen molar-refractivity contribution >= 4 is 55.9 Å². The molecule has 0 aliphatic heterocycles. The van der Waals surface area contributed by atoms with Gasteiger partial charge in [0.25, 0.3) is 0 Å². The van der Waals surface area contributed by atoms with Crippen LogP contribution in [0.5, 0.6) is 0 Å². The summed E-state index contributed by atoms with van der Waals surface area (Å²) in [4.78, 5) is 14.9. The minimum atomic E-state index is 0.717. The molecule has 73 heavy (non-hydrogen) atoms. The minimum Gasteiger partial charge on any atom is -0.310 e. The van der Waals surface area contributed by atoms with E-state index in [4.69, 9.17) is 9.97 Å². The first-order valence-corrected chi connectivity index (χ1v) is 25.0. The lowest BCUT2D eigenvalue weighted by atomic mass is 10.0. The Morgan fingerprint density at radius 2 is 0.699 bits per heavy atom. The van der Waals surface area contributed by atoms with E-state index >= 15 is 0 Å². The van der Waals surface area contributed by atoms with Crippen LogP contribution in [0.15, 0.2) is 249 Å². The summed E-state index contributed by atoms with van der Waals surface area (Å²) in [5, 5.41) is 2.33. The van der Waals surface area contributed by atoms with E-state index in [-0.39, 0.29) is 0 Å². The largest absolute Gasteiger partial charge is 0.310 e. The van der Waals surface area contributed by atoms with E-state index < -0.39 is 0 Å². The summed E-state index contributed by atoms with van der Waals surface area (Å²) in [5.41, 5.74) is 21.9. The molecule has 12 aromatic rings. The Morgan fingerprint density at radius 1 is 0.288 bits per heavy atom. The van der Waals surface area contributed by atoms with Gasteiger partial charge >= 0.3 is 0 Å². The maximum absolute atomic E-state index is 5.13. The number of anilines is 6. The summed E-state index contributed by atoms with van der Waals surface area (Å²) in [6, 6.07) is 89.5. The van der Waals surface area contributed by atoms with Gasteiger partial charge < -0.3 is 14.4 Å². The average Bonchev–Trinajstić information content (AvgIpc) is 3.76. The fraction of sp³-hybridized carbons (Fsp3) is 0.0588. The Bertz CT molecular complexity index is 3770. The van der Waals surface area contributed by atoms with Crippen LogP contribution in [0, 0.1) is 27.7 Å². The summed E-state index contributed by atoms with van der Waals surface area (Å²) in [7, 11) is 0.